The number of likely N-dealkylation sites (tertiary alicyclic amines) is 1. The molecule has 2 aliphatic rings. The van der Waals surface area contributed by atoms with Gasteiger partial charge in [-0.3, -0.25) is 9.59 Å². The molecule has 1 N–H and O–H groups in total. The number of urea groups is 1. The van der Waals surface area contributed by atoms with Gasteiger partial charge in [-0.05, 0) is 45.2 Å². The standard InChI is InChI=1S/C22H31N3O6S/c1-3-25(19-11-14-32(29,30)15-19)20(26)16(2)31-21(27)17-9-12-24(13-10-17)22(28)23-18-7-5-4-6-8-18/h4-8,16-17,19H,3,9-15H2,1-2H3,(H,23,28). The Morgan fingerprint density at radius 2 is 1.81 bits per heavy atom. The Hall–Kier alpha value is -2.62. The van der Waals surface area contributed by atoms with Crippen LogP contribution in [0.15, 0.2) is 30.3 Å². The zero-order valence-electron chi connectivity index (χ0n) is 18.5. The topological polar surface area (TPSA) is 113 Å². The number of carbonyl (C=O) groups excluding carboxylic acids is 3. The van der Waals surface area contributed by atoms with Crippen LogP contribution in [0.3, 0.4) is 0 Å². The Morgan fingerprint density at radius 1 is 1.16 bits per heavy atom. The number of ether oxygens (including phenoxy) is 1. The fraction of sp³-hybridized carbons (Fsp3) is 0.591. The summed E-state index contributed by atoms with van der Waals surface area (Å²) in [5.74, 6) is -1.18. The van der Waals surface area contributed by atoms with E-state index in [0.717, 1.165) is 0 Å². The molecule has 10 heteroatoms. The van der Waals surface area contributed by atoms with Crippen molar-refractivity contribution in [2.45, 2.75) is 45.3 Å². The first kappa shape index (κ1) is 24.0. The van der Waals surface area contributed by atoms with Gasteiger partial charge in [-0.2, -0.15) is 0 Å². The molecule has 1 aromatic carbocycles. The van der Waals surface area contributed by atoms with Gasteiger partial charge in [0.05, 0.1) is 17.4 Å². The van der Waals surface area contributed by atoms with Crippen molar-refractivity contribution in [3.63, 3.8) is 0 Å². The number of rotatable bonds is 6. The van der Waals surface area contributed by atoms with E-state index in [1.54, 1.807) is 24.0 Å². The van der Waals surface area contributed by atoms with Crippen molar-refractivity contribution >= 4 is 33.4 Å². The third-order valence-corrected chi connectivity index (χ3v) is 7.80. The quantitative estimate of drug-likeness (QED) is 0.642. The highest BCUT2D eigenvalue weighted by Gasteiger charge is 2.37. The van der Waals surface area contributed by atoms with E-state index in [2.05, 4.69) is 5.32 Å². The number of esters is 1. The van der Waals surface area contributed by atoms with E-state index in [-0.39, 0.29) is 35.4 Å². The molecular weight excluding hydrogens is 434 g/mol. The number of anilines is 1. The summed E-state index contributed by atoms with van der Waals surface area (Å²) in [6, 6.07) is 8.58. The number of carbonyl (C=O) groups is 3. The number of nitrogens with one attached hydrogen (secondary N) is 1. The Labute approximate surface area is 189 Å². The highest BCUT2D eigenvalue weighted by atomic mass is 32.2. The summed E-state index contributed by atoms with van der Waals surface area (Å²) in [6.45, 7) is 4.50. The van der Waals surface area contributed by atoms with Crippen LogP contribution in [0, 0.1) is 5.92 Å². The number of likely N-dealkylation sites (N-methyl/N-ethyl adjacent to an activating group) is 1. The van der Waals surface area contributed by atoms with Crippen molar-refractivity contribution in [1.29, 1.82) is 0 Å². The highest BCUT2D eigenvalue weighted by molar-refractivity contribution is 7.91. The lowest BCUT2D eigenvalue weighted by atomic mass is 9.97. The summed E-state index contributed by atoms with van der Waals surface area (Å²) < 4.78 is 29.0. The Kier molecular flexibility index (Phi) is 7.76. The number of para-hydroxylation sites is 1. The van der Waals surface area contributed by atoms with Gasteiger partial charge in [-0.25, -0.2) is 13.2 Å². The summed E-state index contributed by atoms with van der Waals surface area (Å²) >= 11 is 0. The molecule has 0 saturated carbocycles. The molecule has 176 valence electrons. The average molecular weight is 466 g/mol. The summed E-state index contributed by atoms with van der Waals surface area (Å²) in [7, 11) is -3.12. The zero-order valence-corrected chi connectivity index (χ0v) is 19.3. The predicted molar refractivity (Wildman–Crippen MR) is 120 cm³/mol. The summed E-state index contributed by atoms with van der Waals surface area (Å²) in [5, 5.41) is 2.83. The number of nitrogens with zero attached hydrogens (tertiary/aromatic N) is 2. The number of hydrogen-bond donors (Lipinski definition) is 1. The molecule has 2 aliphatic heterocycles. The van der Waals surface area contributed by atoms with Gasteiger partial charge in [0.1, 0.15) is 0 Å². The van der Waals surface area contributed by atoms with Crippen molar-refractivity contribution < 1.29 is 27.5 Å². The van der Waals surface area contributed by atoms with Gasteiger partial charge in [0.2, 0.25) is 0 Å². The molecule has 0 aromatic heterocycles. The first-order valence-corrected chi connectivity index (χ1v) is 12.8. The van der Waals surface area contributed by atoms with Gasteiger partial charge in [0, 0.05) is 31.4 Å². The van der Waals surface area contributed by atoms with Gasteiger partial charge < -0.3 is 19.9 Å². The maximum Gasteiger partial charge on any atom is 0.321 e. The lowest BCUT2D eigenvalue weighted by molar-refractivity contribution is -0.164. The van der Waals surface area contributed by atoms with Crippen LogP contribution in [-0.2, 0) is 24.2 Å². The number of amides is 3. The van der Waals surface area contributed by atoms with E-state index in [1.807, 2.05) is 18.2 Å². The van der Waals surface area contributed by atoms with Crippen LogP contribution in [-0.4, -0.2) is 79.4 Å². The molecule has 2 fully saturated rings. The highest BCUT2D eigenvalue weighted by Crippen LogP contribution is 2.22. The van der Waals surface area contributed by atoms with Crippen LogP contribution < -0.4 is 5.32 Å². The van der Waals surface area contributed by atoms with Crippen molar-refractivity contribution in [2.75, 3.05) is 36.5 Å². The fourth-order valence-corrected chi connectivity index (χ4v) is 5.94. The Balaban J connectivity index is 1.47. The number of hydrogen-bond acceptors (Lipinski definition) is 6. The normalized spacial score (nSPS) is 21.6. The summed E-state index contributed by atoms with van der Waals surface area (Å²) in [4.78, 5) is 41.0. The fourth-order valence-electron chi connectivity index (χ4n) is 4.21. The second-order valence-electron chi connectivity index (χ2n) is 8.32. The molecule has 3 rings (SSSR count). The molecule has 1 aromatic rings. The molecule has 2 atom stereocenters. The largest absolute Gasteiger partial charge is 0.452 e. The third kappa shape index (κ3) is 5.99. The molecule has 3 amide bonds. The second kappa shape index (κ2) is 10.3. The SMILES string of the molecule is CCN(C(=O)C(C)OC(=O)C1CCN(C(=O)Nc2ccccc2)CC1)C1CCS(=O)(=O)C1. The van der Waals surface area contributed by atoms with Gasteiger partial charge >= 0.3 is 12.0 Å². The Bertz CT molecular complexity index is 928. The van der Waals surface area contributed by atoms with E-state index in [9.17, 15) is 22.8 Å². The third-order valence-electron chi connectivity index (χ3n) is 6.05. The molecule has 32 heavy (non-hydrogen) atoms. The molecule has 2 unspecified atom stereocenters. The first-order valence-electron chi connectivity index (χ1n) is 11.0. The minimum absolute atomic E-state index is 0.0449. The maximum atomic E-state index is 12.8. The molecule has 0 radical (unpaired) electrons. The molecule has 2 heterocycles. The van der Waals surface area contributed by atoms with Crippen molar-refractivity contribution in [2.24, 2.45) is 5.92 Å². The monoisotopic (exact) mass is 465 g/mol. The van der Waals surface area contributed by atoms with E-state index < -0.39 is 21.9 Å². The maximum absolute atomic E-state index is 12.8. The second-order valence-corrected chi connectivity index (χ2v) is 10.5. The van der Waals surface area contributed by atoms with Crippen LogP contribution in [0.2, 0.25) is 0 Å². The van der Waals surface area contributed by atoms with Crippen LogP contribution in [0.25, 0.3) is 0 Å². The number of benzene rings is 1. The summed E-state index contributed by atoms with van der Waals surface area (Å²) in [5.41, 5.74) is 0.710. The first-order chi connectivity index (χ1) is 15.2. The molecule has 2 saturated heterocycles. The lowest BCUT2D eigenvalue weighted by Gasteiger charge is -2.32. The summed E-state index contributed by atoms with van der Waals surface area (Å²) in [6.07, 6.45) is 0.345. The van der Waals surface area contributed by atoms with Crippen LogP contribution >= 0.6 is 0 Å². The number of sulfone groups is 1. The van der Waals surface area contributed by atoms with Crippen molar-refractivity contribution in [1.82, 2.24) is 9.80 Å². The van der Waals surface area contributed by atoms with E-state index in [1.165, 1.54) is 11.8 Å². The Morgan fingerprint density at radius 3 is 2.38 bits per heavy atom. The van der Waals surface area contributed by atoms with Crippen LogP contribution in [0.5, 0.6) is 0 Å². The molecule has 0 bridgehead atoms. The van der Waals surface area contributed by atoms with E-state index in [4.69, 9.17) is 4.74 Å². The minimum atomic E-state index is -3.12. The van der Waals surface area contributed by atoms with Crippen LogP contribution in [0.4, 0.5) is 10.5 Å². The zero-order chi connectivity index (χ0) is 23.3. The van der Waals surface area contributed by atoms with Gasteiger partial charge in [0.15, 0.2) is 15.9 Å². The number of piperidine rings is 1. The minimum Gasteiger partial charge on any atom is -0.452 e. The van der Waals surface area contributed by atoms with Gasteiger partial charge in [0.25, 0.3) is 5.91 Å². The van der Waals surface area contributed by atoms with Crippen molar-refractivity contribution in [3.05, 3.63) is 30.3 Å². The molecular formula is C22H31N3O6S. The molecule has 0 aliphatic carbocycles. The lowest BCUT2D eigenvalue weighted by Crippen LogP contribution is -2.47. The molecule has 9 nitrogen and oxygen atoms in total. The van der Waals surface area contributed by atoms with Gasteiger partial charge in [-0.1, -0.05) is 18.2 Å². The van der Waals surface area contributed by atoms with E-state index in [0.29, 0.717) is 44.6 Å². The smallest absolute Gasteiger partial charge is 0.321 e. The average Bonchev–Trinajstić information content (AvgIpc) is 3.14. The van der Waals surface area contributed by atoms with Gasteiger partial charge in [-0.15, -0.1) is 0 Å². The van der Waals surface area contributed by atoms with Crippen LogP contribution in [0.1, 0.15) is 33.1 Å². The molecule has 0 spiro atoms. The van der Waals surface area contributed by atoms with E-state index >= 15 is 0 Å². The predicted octanol–water partition coefficient (Wildman–Crippen LogP) is 1.90. The van der Waals surface area contributed by atoms with Crippen molar-refractivity contribution in [3.8, 4) is 0 Å².